The maximum Gasteiger partial charge on any atom is 0.307 e. The number of nitrogens with one attached hydrogen (secondary N) is 2. The molecule has 0 saturated carbocycles. The molecule has 1 atom stereocenters. The predicted molar refractivity (Wildman–Crippen MR) is 137 cm³/mol. The van der Waals surface area contributed by atoms with E-state index in [2.05, 4.69) is 10.0 Å². The Morgan fingerprint density at radius 2 is 1.83 bits per heavy atom. The second kappa shape index (κ2) is 10.3. The van der Waals surface area contributed by atoms with Gasteiger partial charge in [0.2, 0.25) is 0 Å². The standard InChI is InChI=1S/C27H30N2O6S/c1-27(2,15-19-6-3-5-18(11-19)13-26(31)32)28-16-25(30)23-10-9-21-14-24(23)29-36(33,34)22-8-4-7-20(12-22)17-35-21/h3-12,14,25,28-30H,13,15-17H2,1-2H3,(H,31,32). The molecule has 3 aromatic rings. The third-order valence-corrected chi connectivity index (χ3v) is 7.37. The van der Waals surface area contributed by atoms with Gasteiger partial charge in [0.05, 0.1) is 23.1 Å². The van der Waals surface area contributed by atoms with Crippen LogP contribution in [-0.2, 0) is 34.3 Å². The lowest BCUT2D eigenvalue weighted by Gasteiger charge is -2.29. The van der Waals surface area contributed by atoms with Gasteiger partial charge in [-0.05, 0) is 55.2 Å². The van der Waals surface area contributed by atoms with Crippen molar-refractivity contribution in [1.29, 1.82) is 0 Å². The number of rotatable bonds is 8. The van der Waals surface area contributed by atoms with Gasteiger partial charge in [0.1, 0.15) is 12.4 Å². The van der Waals surface area contributed by atoms with Crippen LogP contribution in [0.15, 0.2) is 71.6 Å². The molecule has 9 heteroatoms. The highest BCUT2D eigenvalue weighted by molar-refractivity contribution is 7.92. The number of benzene rings is 3. The first-order chi connectivity index (χ1) is 17.0. The van der Waals surface area contributed by atoms with Crippen molar-refractivity contribution < 1.29 is 28.2 Å². The minimum absolute atomic E-state index is 0.0386. The predicted octanol–water partition coefficient (Wildman–Crippen LogP) is 3.65. The molecule has 0 saturated heterocycles. The van der Waals surface area contributed by atoms with E-state index >= 15 is 0 Å². The van der Waals surface area contributed by atoms with Crippen LogP contribution in [0, 0.1) is 0 Å². The summed E-state index contributed by atoms with van der Waals surface area (Å²) in [5.74, 6) is -0.389. The minimum atomic E-state index is -3.85. The van der Waals surface area contributed by atoms with E-state index in [0.29, 0.717) is 17.7 Å². The highest BCUT2D eigenvalue weighted by Gasteiger charge is 2.24. The van der Waals surface area contributed by atoms with Crippen LogP contribution in [0.3, 0.4) is 0 Å². The van der Waals surface area contributed by atoms with Crippen molar-refractivity contribution in [3.63, 3.8) is 0 Å². The fourth-order valence-electron chi connectivity index (χ4n) is 4.26. The molecule has 0 aliphatic carbocycles. The smallest absolute Gasteiger partial charge is 0.307 e. The summed E-state index contributed by atoms with van der Waals surface area (Å²) < 4.78 is 34.4. The van der Waals surface area contributed by atoms with Crippen molar-refractivity contribution in [3.8, 4) is 5.75 Å². The Labute approximate surface area is 211 Å². The zero-order chi connectivity index (χ0) is 25.9. The van der Waals surface area contributed by atoms with Crippen LogP contribution < -0.4 is 14.8 Å². The zero-order valence-corrected chi connectivity index (χ0v) is 21.0. The molecule has 0 radical (unpaired) electrons. The summed E-state index contributed by atoms with van der Waals surface area (Å²) in [6.07, 6.45) is -0.428. The van der Waals surface area contributed by atoms with Crippen LogP contribution in [-0.4, -0.2) is 36.7 Å². The van der Waals surface area contributed by atoms with Crippen molar-refractivity contribution in [2.45, 2.75) is 49.8 Å². The summed E-state index contributed by atoms with van der Waals surface area (Å²) in [5, 5.41) is 23.4. The van der Waals surface area contributed by atoms with E-state index in [4.69, 9.17) is 9.84 Å². The SMILES string of the molecule is CC(C)(Cc1cccc(CC(=O)O)c1)NCC(O)c1ccc2cc1NS(=O)(=O)c1cccc(c1)CO2. The molecule has 4 bridgehead atoms. The van der Waals surface area contributed by atoms with Crippen LogP contribution in [0.1, 0.15) is 42.2 Å². The van der Waals surface area contributed by atoms with Gasteiger partial charge >= 0.3 is 5.97 Å². The van der Waals surface area contributed by atoms with E-state index in [9.17, 15) is 18.3 Å². The van der Waals surface area contributed by atoms with Crippen LogP contribution in [0.25, 0.3) is 0 Å². The number of carboxylic acid groups (broad SMARTS) is 1. The molecule has 0 spiro atoms. The lowest BCUT2D eigenvalue weighted by molar-refractivity contribution is -0.136. The Hall–Kier alpha value is -3.40. The van der Waals surface area contributed by atoms with Crippen LogP contribution in [0.4, 0.5) is 5.69 Å². The van der Waals surface area contributed by atoms with Crippen LogP contribution in [0.5, 0.6) is 5.75 Å². The van der Waals surface area contributed by atoms with Gasteiger partial charge < -0.3 is 20.3 Å². The minimum Gasteiger partial charge on any atom is -0.489 e. The molecule has 1 heterocycles. The number of aliphatic carboxylic acids is 1. The van der Waals surface area contributed by atoms with Crippen LogP contribution >= 0.6 is 0 Å². The molecule has 1 unspecified atom stereocenters. The average Bonchev–Trinajstić information content (AvgIpc) is 2.80. The Bertz CT molecular complexity index is 1370. The number of anilines is 1. The second-order valence-electron chi connectivity index (χ2n) is 9.64. The highest BCUT2D eigenvalue weighted by Crippen LogP contribution is 2.31. The highest BCUT2D eigenvalue weighted by atomic mass is 32.2. The van der Waals surface area contributed by atoms with Gasteiger partial charge in [-0.3, -0.25) is 9.52 Å². The first-order valence-corrected chi connectivity index (χ1v) is 13.1. The molecule has 36 heavy (non-hydrogen) atoms. The number of hydrogen-bond acceptors (Lipinski definition) is 6. The lowest BCUT2D eigenvalue weighted by Crippen LogP contribution is -2.43. The quantitative estimate of drug-likeness (QED) is 0.365. The molecule has 1 aliphatic heterocycles. The third-order valence-electron chi connectivity index (χ3n) is 6.01. The van der Waals surface area contributed by atoms with Crippen molar-refractivity contribution in [2.75, 3.05) is 11.3 Å². The molecule has 0 fully saturated rings. The zero-order valence-electron chi connectivity index (χ0n) is 20.2. The van der Waals surface area contributed by atoms with E-state index in [0.717, 1.165) is 16.7 Å². The van der Waals surface area contributed by atoms with Gasteiger partial charge in [-0.15, -0.1) is 0 Å². The Morgan fingerprint density at radius 1 is 1.08 bits per heavy atom. The summed E-state index contributed by atoms with van der Waals surface area (Å²) in [6, 6.07) is 19.0. The molecule has 4 rings (SSSR count). The van der Waals surface area contributed by atoms with Gasteiger partial charge in [-0.25, -0.2) is 8.42 Å². The van der Waals surface area contributed by atoms with E-state index in [1.54, 1.807) is 42.5 Å². The van der Waals surface area contributed by atoms with E-state index in [-0.39, 0.29) is 30.2 Å². The lowest BCUT2D eigenvalue weighted by atomic mass is 9.93. The van der Waals surface area contributed by atoms with Crippen LogP contribution in [0.2, 0.25) is 0 Å². The number of fused-ring (bicyclic) bond motifs is 4. The van der Waals surface area contributed by atoms with Gasteiger partial charge in [0.25, 0.3) is 10.0 Å². The van der Waals surface area contributed by atoms with Crippen molar-refractivity contribution in [2.24, 2.45) is 0 Å². The molecule has 8 nitrogen and oxygen atoms in total. The van der Waals surface area contributed by atoms with Crippen molar-refractivity contribution in [1.82, 2.24) is 5.32 Å². The number of carboxylic acids is 1. The number of aliphatic hydroxyl groups excluding tert-OH is 1. The number of sulfonamides is 1. The molecule has 3 aromatic carbocycles. The van der Waals surface area contributed by atoms with E-state index in [1.807, 2.05) is 32.0 Å². The molecule has 0 aromatic heterocycles. The molecule has 1 aliphatic rings. The fraction of sp³-hybridized carbons (Fsp3) is 0.296. The first kappa shape index (κ1) is 25.7. The van der Waals surface area contributed by atoms with Crippen molar-refractivity contribution in [3.05, 3.63) is 89.0 Å². The van der Waals surface area contributed by atoms with Crippen molar-refractivity contribution >= 4 is 21.7 Å². The normalized spacial score (nSPS) is 15.3. The number of hydrogen-bond donors (Lipinski definition) is 4. The number of aliphatic hydroxyl groups is 1. The first-order valence-electron chi connectivity index (χ1n) is 11.6. The summed E-state index contributed by atoms with van der Waals surface area (Å²) >= 11 is 0. The maximum absolute atomic E-state index is 13.0. The average molecular weight is 511 g/mol. The van der Waals surface area contributed by atoms with Gasteiger partial charge in [0, 0.05) is 23.7 Å². The van der Waals surface area contributed by atoms with E-state index < -0.39 is 27.6 Å². The number of β-amino-alcohol motifs (C(OH)–C–C–N with tert-alkyl or cyclic N) is 1. The Kier molecular flexibility index (Phi) is 7.35. The third kappa shape index (κ3) is 6.42. The second-order valence-corrected chi connectivity index (χ2v) is 11.3. The monoisotopic (exact) mass is 510 g/mol. The molecule has 4 N–H and O–H groups in total. The van der Waals surface area contributed by atoms with Gasteiger partial charge in [-0.2, -0.15) is 0 Å². The summed E-state index contributed by atoms with van der Waals surface area (Å²) in [5.41, 5.74) is 2.71. The Balaban J connectivity index is 1.49. The molecule has 0 amide bonds. The molecule has 190 valence electrons. The topological polar surface area (TPSA) is 125 Å². The van der Waals surface area contributed by atoms with E-state index in [1.165, 1.54) is 6.07 Å². The summed E-state index contributed by atoms with van der Waals surface area (Å²) in [6.45, 7) is 4.38. The van der Waals surface area contributed by atoms with Gasteiger partial charge in [0.15, 0.2) is 0 Å². The largest absolute Gasteiger partial charge is 0.489 e. The maximum atomic E-state index is 13.0. The number of carbonyl (C=O) groups is 1. The Morgan fingerprint density at radius 3 is 2.61 bits per heavy atom. The number of ether oxygens (including phenoxy) is 1. The summed E-state index contributed by atoms with van der Waals surface area (Å²) in [7, 11) is -3.85. The van der Waals surface area contributed by atoms with Gasteiger partial charge in [-0.1, -0.05) is 42.5 Å². The fourth-order valence-corrected chi connectivity index (χ4v) is 5.41. The summed E-state index contributed by atoms with van der Waals surface area (Å²) in [4.78, 5) is 11.2. The molecular formula is C27H30N2O6S. The molecular weight excluding hydrogens is 480 g/mol.